The Balaban J connectivity index is 1.63. The second kappa shape index (κ2) is 5.58. The van der Waals surface area contributed by atoms with Crippen molar-refractivity contribution in [3.8, 4) is 5.75 Å². The van der Waals surface area contributed by atoms with Crippen LogP contribution in [0.2, 0.25) is 0 Å². The van der Waals surface area contributed by atoms with Gasteiger partial charge in [-0.3, -0.25) is 5.32 Å². The second-order valence-electron chi connectivity index (χ2n) is 4.04. The Labute approximate surface area is 113 Å². The molecule has 2 aromatic rings. The monoisotopic (exact) mass is 281 g/mol. The molecular weight excluding hydrogens is 269 g/mol. The third-order valence-electron chi connectivity index (χ3n) is 2.69. The van der Waals surface area contributed by atoms with Crippen molar-refractivity contribution in [3.05, 3.63) is 41.8 Å². The Hall–Kier alpha value is -1.60. The molecular formula is C12H12FN3O2S. The van der Waals surface area contributed by atoms with Crippen LogP contribution in [0, 0.1) is 5.82 Å². The number of benzene rings is 1. The number of hydrogen-bond acceptors (Lipinski definition) is 6. The first-order valence-corrected chi connectivity index (χ1v) is 6.99. The summed E-state index contributed by atoms with van der Waals surface area (Å²) in [5, 5.41) is 7.06. The summed E-state index contributed by atoms with van der Waals surface area (Å²) in [5.74, 6) is 2.54. The summed E-state index contributed by atoms with van der Waals surface area (Å²) in [7, 11) is 0. The van der Waals surface area contributed by atoms with E-state index in [-0.39, 0.29) is 18.4 Å². The standard InChI is InChI=1S/C12H12FN3O2S/c13-8-3-1-2-4-10(8)17-5-11-15-12(18-16-11)9-6-19-7-14-9/h1-4,9,14H,5-7H2/t9-/m1/s1. The Bertz CT molecular complexity index is 557. The smallest absolute Gasteiger partial charge is 0.244 e. The van der Waals surface area contributed by atoms with E-state index in [2.05, 4.69) is 15.5 Å². The van der Waals surface area contributed by atoms with E-state index in [1.54, 1.807) is 30.0 Å². The van der Waals surface area contributed by atoms with Gasteiger partial charge in [-0.05, 0) is 12.1 Å². The fraction of sp³-hybridized carbons (Fsp3) is 0.333. The Morgan fingerprint density at radius 1 is 1.47 bits per heavy atom. The van der Waals surface area contributed by atoms with Crippen LogP contribution in [0.15, 0.2) is 28.8 Å². The van der Waals surface area contributed by atoms with Gasteiger partial charge in [0.15, 0.2) is 18.2 Å². The summed E-state index contributed by atoms with van der Waals surface area (Å²) in [6.45, 7) is 0.0876. The van der Waals surface area contributed by atoms with Crippen molar-refractivity contribution >= 4 is 11.8 Å². The third-order valence-corrected chi connectivity index (χ3v) is 3.63. The lowest BCUT2D eigenvalue weighted by atomic mass is 10.3. The molecule has 0 saturated carbocycles. The Kier molecular flexibility index (Phi) is 3.65. The molecule has 1 atom stereocenters. The molecule has 0 spiro atoms. The predicted octanol–water partition coefficient (Wildman–Crippen LogP) is 2.12. The maximum atomic E-state index is 13.3. The molecule has 1 fully saturated rings. The highest BCUT2D eigenvalue weighted by Crippen LogP contribution is 2.23. The Morgan fingerprint density at radius 2 is 2.37 bits per heavy atom. The minimum absolute atomic E-state index is 0.0876. The van der Waals surface area contributed by atoms with E-state index in [1.807, 2.05) is 0 Å². The first kappa shape index (κ1) is 12.4. The lowest BCUT2D eigenvalue weighted by Gasteiger charge is -2.03. The Morgan fingerprint density at radius 3 is 3.16 bits per heavy atom. The normalized spacial score (nSPS) is 18.7. The van der Waals surface area contributed by atoms with Gasteiger partial charge in [0.1, 0.15) is 0 Å². The molecule has 7 heteroatoms. The van der Waals surface area contributed by atoms with Crippen molar-refractivity contribution in [2.24, 2.45) is 0 Å². The van der Waals surface area contributed by atoms with Crippen LogP contribution in [0.25, 0.3) is 0 Å². The highest BCUT2D eigenvalue weighted by Gasteiger charge is 2.22. The largest absolute Gasteiger partial charge is 0.482 e. The molecule has 0 radical (unpaired) electrons. The first-order valence-electron chi connectivity index (χ1n) is 5.84. The van der Waals surface area contributed by atoms with Crippen LogP contribution in [0.3, 0.4) is 0 Å². The molecule has 0 bridgehead atoms. The summed E-state index contributed by atoms with van der Waals surface area (Å²) in [6, 6.07) is 6.32. The van der Waals surface area contributed by atoms with Crippen molar-refractivity contribution in [3.63, 3.8) is 0 Å². The van der Waals surface area contributed by atoms with Gasteiger partial charge in [0.25, 0.3) is 0 Å². The van der Waals surface area contributed by atoms with Gasteiger partial charge in [-0.2, -0.15) is 4.98 Å². The number of halogens is 1. The van der Waals surface area contributed by atoms with Gasteiger partial charge in [-0.25, -0.2) is 4.39 Å². The van der Waals surface area contributed by atoms with E-state index < -0.39 is 5.82 Å². The highest BCUT2D eigenvalue weighted by molar-refractivity contribution is 7.99. The lowest BCUT2D eigenvalue weighted by molar-refractivity contribution is 0.271. The molecule has 0 unspecified atom stereocenters. The SMILES string of the molecule is Fc1ccccc1OCc1noc([C@H]2CSCN2)n1. The van der Waals surface area contributed by atoms with E-state index in [1.165, 1.54) is 6.07 Å². The maximum absolute atomic E-state index is 13.3. The molecule has 1 aliphatic rings. The molecule has 0 aliphatic carbocycles. The van der Waals surface area contributed by atoms with Gasteiger partial charge in [0.2, 0.25) is 11.7 Å². The molecule has 5 nitrogen and oxygen atoms in total. The average molecular weight is 281 g/mol. The number of nitrogens with one attached hydrogen (secondary N) is 1. The van der Waals surface area contributed by atoms with Crippen molar-refractivity contribution in [2.75, 3.05) is 11.6 Å². The quantitative estimate of drug-likeness (QED) is 0.926. The zero-order chi connectivity index (χ0) is 13.1. The molecule has 1 aromatic heterocycles. The number of thioether (sulfide) groups is 1. The molecule has 1 N–H and O–H groups in total. The summed E-state index contributed by atoms with van der Waals surface area (Å²) in [4.78, 5) is 4.24. The molecule has 1 aliphatic heterocycles. The number of nitrogens with zero attached hydrogens (tertiary/aromatic N) is 2. The number of para-hydroxylation sites is 1. The fourth-order valence-electron chi connectivity index (χ4n) is 1.73. The van der Waals surface area contributed by atoms with Crippen molar-refractivity contribution in [1.29, 1.82) is 0 Å². The van der Waals surface area contributed by atoms with Crippen LogP contribution in [-0.4, -0.2) is 21.8 Å². The van der Waals surface area contributed by atoms with Gasteiger partial charge in [0, 0.05) is 11.6 Å². The first-order chi connectivity index (χ1) is 9.33. The molecule has 1 aromatic carbocycles. The molecule has 3 rings (SSSR count). The second-order valence-corrected chi connectivity index (χ2v) is 5.07. The number of ether oxygens (including phenoxy) is 1. The highest BCUT2D eigenvalue weighted by atomic mass is 32.2. The van der Waals surface area contributed by atoms with Crippen molar-refractivity contribution < 1.29 is 13.7 Å². The van der Waals surface area contributed by atoms with E-state index in [0.717, 1.165) is 11.6 Å². The van der Waals surface area contributed by atoms with Crippen LogP contribution in [-0.2, 0) is 6.61 Å². The van der Waals surface area contributed by atoms with Gasteiger partial charge in [-0.1, -0.05) is 17.3 Å². The van der Waals surface area contributed by atoms with Gasteiger partial charge in [-0.15, -0.1) is 11.8 Å². The van der Waals surface area contributed by atoms with E-state index in [4.69, 9.17) is 9.26 Å². The van der Waals surface area contributed by atoms with Crippen LogP contribution < -0.4 is 10.1 Å². The zero-order valence-corrected chi connectivity index (χ0v) is 10.8. The maximum Gasteiger partial charge on any atom is 0.244 e. The summed E-state index contributed by atoms with van der Waals surface area (Å²) >= 11 is 1.78. The predicted molar refractivity (Wildman–Crippen MR) is 68.2 cm³/mol. The topological polar surface area (TPSA) is 60.2 Å². The minimum Gasteiger partial charge on any atom is -0.482 e. The molecule has 2 heterocycles. The van der Waals surface area contributed by atoms with Crippen molar-refractivity contribution in [2.45, 2.75) is 12.6 Å². The van der Waals surface area contributed by atoms with Crippen LogP contribution >= 0.6 is 11.8 Å². The van der Waals surface area contributed by atoms with Gasteiger partial charge >= 0.3 is 0 Å². The summed E-state index contributed by atoms with van der Waals surface area (Å²) < 4.78 is 23.8. The van der Waals surface area contributed by atoms with Crippen LogP contribution in [0.1, 0.15) is 17.8 Å². The summed E-state index contributed by atoms with van der Waals surface area (Å²) in [6.07, 6.45) is 0. The summed E-state index contributed by atoms with van der Waals surface area (Å²) in [5.41, 5.74) is 0. The third kappa shape index (κ3) is 2.87. The van der Waals surface area contributed by atoms with Crippen LogP contribution in [0.5, 0.6) is 5.75 Å². The number of rotatable bonds is 4. The van der Waals surface area contributed by atoms with E-state index in [0.29, 0.717) is 11.7 Å². The molecule has 0 amide bonds. The molecule has 1 saturated heterocycles. The van der Waals surface area contributed by atoms with Crippen LogP contribution in [0.4, 0.5) is 4.39 Å². The fourth-order valence-corrected chi connectivity index (χ4v) is 2.66. The van der Waals surface area contributed by atoms with Gasteiger partial charge < -0.3 is 9.26 Å². The zero-order valence-electron chi connectivity index (χ0n) is 10.0. The van der Waals surface area contributed by atoms with Crippen molar-refractivity contribution in [1.82, 2.24) is 15.5 Å². The van der Waals surface area contributed by atoms with E-state index in [9.17, 15) is 4.39 Å². The molecule has 19 heavy (non-hydrogen) atoms. The number of aromatic nitrogens is 2. The molecule has 100 valence electrons. The average Bonchev–Trinajstić information content (AvgIpc) is 3.09. The van der Waals surface area contributed by atoms with Gasteiger partial charge in [0.05, 0.1) is 6.04 Å². The van der Waals surface area contributed by atoms with E-state index >= 15 is 0 Å². The minimum atomic E-state index is -0.403. The number of hydrogen-bond donors (Lipinski definition) is 1. The lowest BCUT2D eigenvalue weighted by Crippen LogP contribution is -2.14.